The van der Waals surface area contributed by atoms with Crippen LogP contribution in [0.1, 0.15) is 20.3 Å². The fourth-order valence-electron chi connectivity index (χ4n) is 0.397. The normalized spacial score (nSPS) is 11.2. The van der Waals surface area contributed by atoms with E-state index in [0.29, 0.717) is 13.0 Å². The van der Waals surface area contributed by atoms with E-state index >= 15 is 0 Å². The second-order valence-electron chi connectivity index (χ2n) is 1.61. The number of aliphatic carboxylic acids is 1. The second kappa shape index (κ2) is 4.78. The smallest absolute Gasteiger partial charge is 0.353 e. The third-order valence-electron chi connectivity index (χ3n) is 0.886. The van der Waals surface area contributed by atoms with Gasteiger partial charge in [-0.1, -0.05) is 12.1 Å². The first-order chi connectivity index (χ1) is 4.72. The molecule has 10 heavy (non-hydrogen) atoms. The topological polar surface area (TPSA) is 58.9 Å². The summed E-state index contributed by atoms with van der Waals surface area (Å²) in [5.74, 6) is -1.02. The minimum atomic E-state index is -1.02. The molecule has 0 aliphatic heterocycles. The van der Waals surface area contributed by atoms with Crippen molar-refractivity contribution in [2.75, 3.05) is 6.61 Å². The molecule has 4 heteroatoms. The van der Waals surface area contributed by atoms with E-state index in [1.165, 1.54) is 0 Å². The van der Waals surface area contributed by atoms with Gasteiger partial charge in [0.15, 0.2) is 5.71 Å². The van der Waals surface area contributed by atoms with Gasteiger partial charge in [-0.05, 0) is 13.3 Å². The fourth-order valence-corrected chi connectivity index (χ4v) is 0.397. The molecule has 58 valence electrons. The van der Waals surface area contributed by atoms with Crippen LogP contribution >= 0.6 is 0 Å². The largest absolute Gasteiger partial charge is 0.477 e. The number of oxime groups is 1. The molecule has 0 spiro atoms. The molecule has 0 aromatic rings. The Morgan fingerprint density at radius 1 is 1.60 bits per heavy atom. The van der Waals surface area contributed by atoms with E-state index in [1.807, 2.05) is 0 Å². The van der Waals surface area contributed by atoms with Crippen LogP contribution in [0.25, 0.3) is 0 Å². The molecule has 0 unspecified atom stereocenters. The molecule has 0 aromatic heterocycles. The van der Waals surface area contributed by atoms with Crippen molar-refractivity contribution in [3.8, 4) is 0 Å². The van der Waals surface area contributed by atoms with Crippen molar-refractivity contribution in [2.24, 2.45) is 5.16 Å². The van der Waals surface area contributed by atoms with Gasteiger partial charge in [0.25, 0.3) is 0 Å². The summed E-state index contributed by atoms with van der Waals surface area (Å²) in [6.07, 6.45) is 0.384. The van der Waals surface area contributed by atoms with Crippen molar-refractivity contribution in [1.29, 1.82) is 0 Å². The van der Waals surface area contributed by atoms with Crippen LogP contribution in [-0.4, -0.2) is 23.4 Å². The number of carboxylic acids is 1. The van der Waals surface area contributed by atoms with Gasteiger partial charge in [0.1, 0.15) is 6.61 Å². The van der Waals surface area contributed by atoms with Crippen LogP contribution in [-0.2, 0) is 9.63 Å². The molecule has 0 heterocycles. The molecule has 0 saturated heterocycles. The van der Waals surface area contributed by atoms with Crippen molar-refractivity contribution < 1.29 is 14.7 Å². The Morgan fingerprint density at radius 2 is 2.20 bits per heavy atom. The summed E-state index contributed by atoms with van der Waals surface area (Å²) in [6.45, 7) is 3.86. The lowest BCUT2D eigenvalue weighted by Gasteiger charge is -1.95. The van der Waals surface area contributed by atoms with E-state index in [2.05, 4.69) is 9.99 Å². The molecular formula is C6H11NO3. The van der Waals surface area contributed by atoms with Crippen molar-refractivity contribution in [3.63, 3.8) is 0 Å². The quantitative estimate of drug-likeness (QED) is 0.471. The van der Waals surface area contributed by atoms with Crippen LogP contribution in [0.15, 0.2) is 5.16 Å². The SMILES string of the molecule is CCO/N=C(\CC)C(=O)O. The van der Waals surface area contributed by atoms with Crippen LogP contribution in [0.5, 0.6) is 0 Å². The zero-order valence-electron chi connectivity index (χ0n) is 6.13. The predicted octanol–water partition coefficient (Wildman–Crippen LogP) is 0.873. The number of hydrogen-bond acceptors (Lipinski definition) is 3. The van der Waals surface area contributed by atoms with Gasteiger partial charge in [-0.15, -0.1) is 0 Å². The molecule has 0 rings (SSSR count). The number of carboxylic acid groups (broad SMARTS) is 1. The average molecular weight is 145 g/mol. The summed E-state index contributed by atoms with van der Waals surface area (Å²) in [4.78, 5) is 14.8. The molecule has 0 amide bonds. The molecule has 0 aliphatic rings. The van der Waals surface area contributed by atoms with Crippen molar-refractivity contribution in [3.05, 3.63) is 0 Å². The van der Waals surface area contributed by atoms with Gasteiger partial charge in [0, 0.05) is 0 Å². The minimum Gasteiger partial charge on any atom is -0.477 e. The lowest BCUT2D eigenvalue weighted by atomic mass is 10.3. The first-order valence-electron chi connectivity index (χ1n) is 3.14. The van der Waals surface area contributed by atoms with E-state index in [0.717, 1.165) is 0 Å². The van der Waals surface area contributed by atoms with Crippen molar-refractivity contribution >= 4 is 11.7 Å². The zero-order chi connectivity index (χ0) is 7.98. The third kappa shape index (κ3) is 3.06. The molecule has 0 saturated carbocycles. The van der Waals surface area contributed by atoms with E-state index in [4.69, 9.17) is 5.11 Å². The highest BCUT2D eigenvalue weighted by Crippen LogP contribution is 1.87. The Bertz CT molecular complexity index is 142. The Morgan fingerprint density at radius 3 is 2.50 bits per heavy atom. The maximum Gasteiger partial charge on any atom is 0.353 e. The number of rotatable bonds is 4. The summed E-state index contributed by atoms with van der Waals surface area (Å²) < 4.78 is 0. The average Bonchev–Trinajstić information content (AvgIpc) is 1.89. The number of nitrogens with zero attached hydrogens (tertiary/aromatic N) is 1. The van der Waals surface area contributed by atoms with Gasteiger partial charge in [0.2, 0.25) is 0 Å². The summed E-state index contributed by atoms with van der Waals surface area (Å²) in [5.41, 5.74) is 0.0573. The van der Waals surface area contributed by atoms with Gasteiger partial charge in [-0.2, -0.15) is 0 Å². The van der Waals surface area contributed by atoms with Gasteiger partial charge in [-0.3, -0.25) is 0 Å². The molecular weight excluding hydrogens is 134 g/mol. The molecule has 1 N–H and O–H groups in total. The third-order valence-corrected chi connectivity index (χ3v) is 0.886. The maximum absolute atomic E-state index is 10.2. The van der Waals surface area contributed by atoms with Crippen LogP contribution in [0.3, 0.4) is 0 Å². The number of carbonyl (C=O) groups is 1. The molecule has 0 atom stereocenters. The monoisotopic (exact) mass is 145 g/mol. The van der Waals surface area contributed by atoms with Crippen LogP contribution in [0.4, 0.5) is 0 Å². The second-order valence-corrected chi connectivity index (χ2v) is 1.61. The Labute approximate surface area is 59.5 Å². The Kier molecular flexibility index (Phi) is 4.28. The molecule has 0 aromatic carbocycles. The van der Waals surface area contributed by atoms with Gasteiger partial charge in [-0.25, -0.2) is 4.79 Å². The van der Waals surface area contributed by atoms with E-state index in [1.54, 1.807) is 13.8 Å². The standard InChI is InChI=1S/C6H11NO3/c1-3-5(6(8)9)7-10-4-2/h3-4H2,1-2H3,(H,8,9)/b7-5+. The first kappa shape index (κ1) is 8.94. The lowest BCUT2D eigenvalue weighted by molar-refractivity contribution is -0.129. The van der Waals surface area contributed by atoms with Crippen molar-refractivity contribution in [1.82, 2.24) is 0 Å². The van der Waals surface area contributed by atoms with Gasteiger partial charge >= 0.3 is 5.97 Å². The maximum atomic E-state index is 10.2. The van der Waals surface area contributed by atoms with Crippen LogP contribution in [0.2, 0.25) is 0 Å². The van der Waals surface area contributed by atoms with E-state index in [9.17, 15) is 4.79 Å². The summed E-state index contributed by atoms with van der Waals surface area (Å²) in [7, 11) is 0. The first-order valence-corrected chi connectivity index (χ1v) is 3.14. The zero-order valence-corrected chi connectivity index (χ0v) is 6.13. The van der Waals surface area contributed by atoms with Crippen LogP contribution < -0.4 is 0 Å². The minimum absolute atomic E-state index is 0.0573. The Hall–Kier alpha value is -1.06. The molecule has 0 aliphatic carbocycles. The molecule has 4 nitrogen and oxygen atoms in total. The van der Waals surface area contributed by atoms with Crippen molar-refractivity contribution in [2.45, 2.75) is 20.3 Å². The summed E-state index contributed by atoms with van der Waals surface area (Å²) in [5, 5.41) is 11.8. The molecule has 0 radical (unpaired) electrons. The molecule has 0 fully saturated rings. The van der Waals surface area contributed by atoms with E-state index < -0.39 is 5.97 Å². The highest BCUT2D eigenvalue weighted by Gasteiger charge is 2.05. The molecule has 0 bridgehead atoms. The Balaban J connectivity index is 3.91. The number of hydrogen-bond donors (Lipinski definition) is 1. The highest BCUT2D eigenvalue weighted by molar-refractivity contribution is 6.35. The van der Waals surface area contributed by atoms with Crippen LogP contribution in [0, 0.1) is 0 Å². The predicted molar refractivity (Wildman–Crippen MR) is 37.0 cm³/mol. The lowest BCUT2D eigenvalue weighted by Crippen LogP contribution is -2.11. The summed E-state index contributed by atoms with van der Waals surface area (Å²) in [6, 6.07) is 0. The fraction of sp³-hybridized carbons (Fsp3) is 0.667. The van der Waals surface area contributed by atoms with E-state index in [-0.39, 0.29) is 5.71 Å². The highest BCUT2D eigenvalue weighted by atomic mass is 16.6. The summed E-state index contributed by atoms with van der Waals surface area (Å²) >= 11 is 0. The van der Waals surface area contributed by atoms with Gasteiger partial charge < -0.3 is 9.94 Å². The van der Waals surface area contributed by atoms with Gasteiger partial charge in [0.05, 0.1) is 0 Å².